The van der Waals surface area contributed by atoms with Crippen LogP contribution in [0, 0.1) is 0 Å². The molecule has 17 heavy (non-hydrogen) atoms. The van der Waals surface area contributed by atoms with Crippen molar-refractivity contribution in [1.29, 1.82) is 0 Å². The smallest absolute Gasteiger partial charge is 0.296 e. The van der Waals surface area contributed by atoms with E-state index in [1.54, 1.807) is 24.0 Å². The number of aromatic amines is 1. The van der Waals surface area contributed by atoms with Crippen molar-refractivity contribution in [3.05, 3.63) is 23.9 Å². The summed E-state index contributed by atoms with van der Waals surface area (Å²) in [6.07, 6.45) is 3.48. The summed E-state index contributed by atoms with van der Waals surface area (Å²) in [5, 5.41) is 13.2. The van der Waals surface area contributed by atoms with Gasteiger partial charge in [0.1, 0.15) is 5.82 Å². The Kier molecular flexibility index (Phi) is 3.17. The number of hydrogen-bond acceptors (Lipinski definition) is 4. The Morgan fingerprint density at radius 2 is 2.41 bits per heavy atom. The molecule has 0 aromatic carbocycles. The van der Waals surface area contributed by atoms with E-state index in [1.807, 2.05) is 6.92 Å². The van der Waals surface area contributed by atoms with Gasteiger partial charge < -0.3 is 5.32 Å². The monoisotopic (exact) mass is 234 g/mol. The molecule has 2 rings (SSSR count). The van der Waals surface area contributed by atoms with Gasteiger partial charge in [0.2, 0.25) is 5.82 Å². The Balaban J connectivity index is 2.03. The Labute approximate surface area is 98.2 Å². The molecule has 0 unspecified atom stereocenters. The Bertz CT molecular complexity index is 514. The number of amides is 1. The molecule has 0 saturated heterocycles. The molecule has 0 saturated carbocycles. The standard InChI is InChI=1S/C10H14N6O/c1-3-4-7-11-9(14-13-7)10(17)12-8-5-6-16(2)15-8/h5-6H,3-4H2,1-2H3,(H,11,13,14)(H,12,15,17). The SMILES string of the molecule is CCCc1nc(C(=O)Nc2ccn(C)n2)n[nH]1. The number of rotatable bonds is 4. The molecule has 0 aliphatic carbocycles. The van der Waals surface area contributed by atoms with E-state index in [9.17, 15) is 4.79 Å². The number of aromatic nitrogens is 5. The van der Waals surface area contributed by atoms with Crippen molar-refractivity contribution in [2.45, 2.75) is 19.8 Å². The molecule has 0 spiro atoms. The van der Waals surface area contributed by atoms with Gasteiger partial charge in [-0.05, 0) is 6.42 Å². The zero-order chi connectivity index (χ0) is 12.3. The molecule has 7 heteroatoms. The number of H-pyrrole nitrogens is 1. The fraction of sp³-hybridized carbons (Fsp3) is 0.400. The molecule has 0 aliphatic heterocycles. The van der Waals surface area contributed by atoms with Gasteiger partial charge in [-0.2, -0.15) is 5.10 Å². The Hall–Kier alpha value is -2.18. The lowest BCUT2D eigenvalue weighted by Gasteiger charge is -1.96. The highest BCUT2D eigenvalue weighted by atomic mass is 16.2. The van der Waals surface area contributed by atoms with Crippen LogP contribution in [0.3, 0.4) is 0 Å². The number of carbonyl (C=O) groups excluding carboxylic acids is 1. The van der Waals surface area contributed by atoms with Gasteiger partial charge in [-0.25, -0.2) is 4.98 Å². The predicted octanol–water partition coefficient (Wildman–Crippen LogP) is 0.743. The van der Waals surface area contributed by atoms with E-state index in [1.165, 1.54) is 0 Å². The van der Waals surface area contributed by atoms with Crippen molar-refractivity contribution in [1.82, 2.24) is 25.0 Å². The van der Waals surface area contributed by atoms with E-state index in [0.29, 0.717) is 5.82 Å². The van der Waals surface area contributed by atoms with Crippen LogP contribution in [0.4, 0.5) is 5.82 Å². The number of nitrogens with one attached hydrogen (secondary N) is 2. The molecular weight excluding hydrogens is 220 g/mol. The lowest BCUT2D eigenvalue weighted by atomic mass is 10.3. The third-order valence-electron chi connectivity index (χ3n) is 2.18. The lowest BCUT2D eigenvalue weighted by Crippen LogP contribution is -2.14. The molecule has 0 radical (unpaired) electrons. The first-order valence-electron chi connectivity index (χ1n) is 5.41. The minimum atomic E-state index is -0.359. The summed E-state index contributed by atoms with van der Waals surface area (Å²) >= 11 is 0. The predicted molar refractivity (Wildman–Crippen MR) is 61.5 cm³/mol. The van der Waals surface area contributed by atoms with Crippen molar-refractivity contribution in [3.63, 3.8) is 0 Å². The second-order valence-corrected chi connectivity index (χ2v) is 3.68. The fourth-order valence-electron chi connectivity index (χ4n) is 1.40. The van der Waals surface area contributed by atoms with Crippen LogP contribution in [0.1, 0.15) is 29.8 Å². The number of hydrogen-bond donors (Lipinski definition) is 2. The van der Waals surface area contributed by atoms with Gasteiger partial charge in [-0.1, -0.05) is 6.92 Å². The fourth-order valence-corrected chi connectivity index (χ4v) is 1.40. The summed E-state index contributed by atoms with van der Waals surface area (Å²) < 4.78 is 1.61. The molecule has 2 aromatic rings. The van der Waals surface area contributed by atoms with Crippen LogP contribution in [0.15, 0.2) is 12.3 Å². The Morgan fingerprint density at radius 3 is 3.06 bits per heavy atom. The van der Waals surface area contributed by atoms with Gasteiger partial charge in [-0.3, -0.25) is 14.6 Å². The summed E-state index contributed by atoms with van der Waals surface area (Å²) in [5.74, 6) is 0.986. The van der Waals surface area contributed by atoms with Crippen molar-refractivity contribution in [2.24, 2.45) is 7.05 Å². The van der Waals surface area contributed by atoms with E-state index in [-0.39, 0.29) is 11.7 Å². The summed E-state index contributed by atoms with van der Waals surface area (Å²) in [5.41, 5.74) is 0. The third-order valence-corrected chi connectivity index (χ3v) is 2.18. The van der Waals surface area contributed by atoms with Crippen molar-refractivity contribution in [2.75, 3.05) is 5.32 Å². The van der Waals surface area contributed by atoms with Crippen molar-refractivity contribution < 1.29 is 4.79 Å². The van der Waals surface area contributed by atoms with Gasteiger partial charge in [-0.15, -0.1) is 5.10 Å². The Morgan fingerprint density at radius 1 is 1.59 bits per heavy atom. The first-order chi connectivity index (χ1) is 8.19. The molecule has 0 atom stereocenters. The maximum absolute atomic E-state index is 11.7. The molecule has 0 aliphatic rings. The molecule has 7 nitrogen and oxygen atoms in total. The van der Waals surface area contributed by atoms with Crippen LogP contribution < -0.4 is 5.32 Å². The maximum atomic E-state index is 11.7. The zero-order valence-electron chi connectivity index (χ0n) is 9.77. The van der Waals surface area contributed by atoms with Crippen LogP contribution in [-0.4, -0.2) is 30.9 Å². The van der Waals surface area contributed by atoms with E-state index < -0.39 is 0 Å². The maximum Gasteiger partial charge on any atom is 0.296 e. The van der Waals surface area contributed by atoms with Gasteiger partial charge >= 0.3 is 0 Å². The quantitative estimate of drug-likeness (QED) is 0.816. The number of aryl methyl sites for hydroxylation is 2. The van der Waals surface area contributed by atoms with E-state index >= 15 is 0 Å². The van der Waals surface area contributed by atoms with E-state index in [2.05, 4.69) is 25.6 Å². The summed E-state index contributed by atoms with van der Waals surface area (Å²) in [7, 11) is 1.78. The number of carbonyl (C=O) groups is 1. The number of nitrogens with zero attached hydrogens (tertiary/aromatic N) is 4. The summed E-state index contributed by atoms with van der Waals surface area (Å²) in [6.45, 7) is 2.04. The molecule has 0 fully saturated rings. The minimum absolute atomic E-state index is 0.138. The van der Waals surface area contributed by atoms with Crippen LogP contribution >= 0.6 is 0 Å². The highest BCUT2D eigenvalue weighted by molar-refractivity contribution is 6.00. The van der Waals surface area contributed by atoms with Gasteiger partial charge in [0.05, 0.1) is 0 Å². The molecule has 2 N–H and O–H groups in total. The average Bonchev–Trinajstić information content (AvgIpc) is 2.88. The molecule has 90 valence electrons. The summed E-state index contributed by atoms with van der Waals surface area (Å²) in [4.78, 5) is 15.8. The highest BCUT2D eigenvalue weighted by Crippen LogP contribution is 2.03. The second-order valence-electron chi connectivity index (χ2n) is 3.68. The van der Waals surface area contributed by atoms with Crippen molar-refractivity contribution >= 4 is 11.7 Å². The normalized spacial score (nSPS) is 10.5. The van der Waals surface area contributed by atoms with Crippen molar-refractivity contribution in [3.8, 4) is 0 Å². The highest BCUT2D eigenvalue weighted by Gasteiger charge is 2.13. The van der Waals surface area contributed by atoms with Crippen LogP contribution in [-0.2, 0) is 13.5 Å². The van der Waals surface area contributed by atoms with Gasteiger partial charge in [0, 0.05) is 25.7 Å². The molecule has 1 amide bonds. The van der Waals surface area contributed by atoms with Crippen LogP contribution in [0.2, 0.25) is 0 Å². The van der Waals surface area contributed by atoms with Crippen LogP contribution in [0.25, 0.3) is 0 Å². The molecule has 0 bridgehead atoms. The minimum Gasteiger partial charge on any atom is -0.302 e. The topological polar surface area (TPSA) is 88.5 Å². The summed E-state index contributed by atoms with van der Waals surface area (Å²) in [6, 6.07) is 1.71. The van der Waals surface area contributed by atoms with E-state index in [4.69, 9.17) is 0 Å². The lowest BCUT2D eigenvalue weighted by molar-refractivity contribution is 0.101. The van der Waals surface area contributed by atoms with Gasteiger partial charge in [0.15, 0.2) is 5.82 Å². The second kappa shape index (κ2) is 4.77. The third kappa shape index (κ3) is 2.68. The van der Waals surface area contributed by atoms with Gasteiger partial charge in [0.25, 0.3) is 5.91 Å². The number of anilines is 1. The first-order valence-corrected chi connectivity index (χ1v) is 5.41. The first kappa shape index (κ1) is 11.3. The zero-order valence-corrected chi connectivity index (χ0v) is 9.77. The average molecular weight is 234 g/mol. The van der Waals surface area contributed by atoms with E-state index in [0.717, 1.165) is 18.7 Å². The molecule has 2 aromatic heterocycles. The largest absolute Gasteiger partial charge is 0.302 e. The molecule has 2 heterocycles. The molecular formula is C10H14N6O. The van der Waals surface area contributed by atoms with Crippen LogP contribution in [0.5, 0.6) is 0 Å².